The molecule has 0 saturated heterocycles. The molecule has 0 saturated carbocycles. The number of hydrogen-bond acceptors (Lipinski definition) is 2. The molecule has 14 heavy (non-hydrogen) atoms. The summed E-state index contributed by atoms with van der Waals surface area (Å²) in [5.74, 6) is -2.30. The Morgan fingerprint density at radius 1 is 1.64 bits per heavy atom. The first-order chi connectivity index (χ1) is 6.50. The quantitative estimate of drug-likeness (QED) is 0.811. The highest BCUT2D eigenvalue weighted by molar-refractivity contribution is 5.67. The van der Waals surface area contributed by atoms with Crippen LogP contribution in [0.3, 0.4) is 0 Å². The fourth-order valence-corrected chi connectivity index (χ4v) is 0.977. The highest BCUT2D eigenvalue weighted by atomic mass is 19.3. The Kier molecular flexibility index (Phi) is 3.10. The maximum Gasteiger partial charge on any atom is 0.305 e. The second kappa shape index (κ2) is 4.12. The van der Waals surface area contributed by atoms with Crippen LogP contribution in [0.5, 0.6) is 0 Å². The average Bonchev–Trinajstić information content (AvgIpc) is 2.46. The summed E-state index contributed by atoms with van der Waals surface area (Å²) in [6.45, 7) is 0. The third-order valence-electron chi connectivity index (χ3n) is 1.59. The van der Waals surface area contributed by atoms with Crippen LogP contribution >= 0.6 is 0 Å². The van der Waals surface area contributed by atoms with Gasteiger partial charge in [0.15, 0.2) is 0 Å². The van der Waals surface area contributed by atoms with E-state index < -0.39 is 30.8 Å². The van der Waals surface area contributed by atoms with Crippen LogP contribution in [0.2, 0.25) is 0 Å². The van der Waals surface area contributed by atoms with Crippen LogP contribution in [0.15, 0.2) is 12.3 Å². The zero-order valence-electron chi connectivity index (χ0n) is 6.90. The molecule has 0 spiro atoms. The van der Waals surface area contributed by atoms with E-state index in [-0.39, 0.29) is 0 Å². The second-order valence-corrected chi connectivity index (χ2v) is 2.62. The van der Waals surface area contributed by atoms with Gasteiger partial charge < -0.3 is 5.11 Å². The number of hydrogen-bond donors (Lipinski definition) is 1. The van der Waals surface area contributed by atoms with Crippen molar-refractivity contribution in [3.05, 3.63) is 18.2 Å². The van der Waals surface area contributed by atoms with Gasteiger partial charge in [-0.25, -0.2) is 8.78 Å². The third-order valence-corrected chi connectivity index (χ3v) is 1.59. The maximum absolute atomic E-state index is 12.4. The molecular formula is C7H7F3N2O2. The molecule has 0 bridgehead atoms. The molecule has 1 unspecified atom stereocenters. The van der Waals surface area contributed by atoms with E-state index >= 15 is 0 Å². The molecule has 1 heterocycles. The van der Waals surface area contributed by atoms with Gasteiger partial charge in [0.05, 0.1) is 6.42 Å². The molecule has 0 aromatic carbocycles. The van der Waals surface area contributed by atoms with Crippen LogP contribution < -0.4 is 0 Å². The molecule has 0 aliphatic heterocycles. The van der Waals surface area contributed by atoms with Gasteiger partial charge in [-0.2, -0.15) is 4.39 Å². The van der Waals surface area contributed by atoms with Gasteiger partial charge in [0, 0.05) is 12.3 Å². The molecule has 0 fully saturated rings. The van der Waals surface area contributed by atoms with Gasteiger partial charge >= 0.3 is 5.97 Å². The Hall–Kier alpha value is -1.53. The molecule has 1 atom stereocenters. The summed E-state index contributed by atoms with van der Waals surface area (Å²) in [5.41, 5.74) is 0. The minimum atomic E-state index is -2.90. The zero-order chi connectivity index (χ0) is 10.7. The fourth-order valence-electron chi connectivity index (χ4n) is 0.977. The van der Waals surface area contributed by atoms with Gasteiger partial charge in [-0.15, -0.1) is 5.10 Å². The lowest BCUT2D eigenvalue weighted by molar-refractivity contribution is -0.139. The van der Waals surface area contributed by atoms with E-state index in [9.17, 15) is 18.0 Å². The molecule has 1 aromatic heterocycles. The van der Waals surface area contributed by atoms with Crippen LogP contribution in [-0.4, -0.2) is 27.3 Å². The molecular weight excluding hydrogens is 201 g/mol. The predicted molar refractivity (Wildman–Crippen MR) is 39.5 cm³/mol. The van der Waals surface area contributed by atoms with E-state index in [1.165, 1.54) is 0 Å². The standard InChI is InChI=1S/C7H7F3N2O2/c8-5-1-2-12(11-5)4(7(9)10)3-6(13)14/h1-2,4,7H,3H2,(H,13,14). The number of aromatic nitrogens is 2. The van der Waals surface area contributed by atoms with Gasteiger partial charge in [-0.3, -0.25) is 9.48 Å². The van der Waals surface area contributed by atoms with Crippen molar-refractivity contribution in [2.75, 3.05) is 0 Å². The largest absolute Gasteiger partial charge is 0.481 e. The van der Waals surface area contributed by atoms with E-state index in [2.05, 4.69) is 5.10 Å². The number of alkyl halides is 2. The second-order valence-electron chi connectivity index (χ2n) is 2.62. The van der Waals surface area contributed by atoms with Crippen LogP contribution in [0, 0.1) is 5.95 Å². The number of aliphatic carboxylic acids is 1. The van der Waals surface area contributed by atoms with E-state index in [4.69, 9.17) is 5.11 Å². The first-order valence-electron chi connectivity index (χ1n) is 3.71. The van der Waals surface area contributed by atoms with Gasteiger partial charge in [0.25, 0.3) is 6.43 Å². The molecule has 1 aromatic rings. The topological polar surface area (TPSA) is 55.1 Å². The van der Waals surface area contributed by atoms with Crippen molar-refractivity contribution >= 4 is 5.97 Å². The summed E-state index contributed by atoms with van der Waals surface area (Å²) in [4.78, 5) is 10.2. The molecule has 78 valence electrons. The Balaban J connectivity index is 2.82. The van der Waals surface area contributed by atoms with Gasteiger partial charge in [-0.1, -0.05) is 0 Å². The number of carboxylic acids is 1. The van der Waals surface area contributed by atoms with E-state index in [0.717, 1.165) is 12.3 Å². The van der Waals surface area contributed by atoms with E-state index in [1.807, 2.05) is 0 Å². The summed E-state index contributed by atoms with van der Waals surface area (Å²) in [6, 6.07) is -0.742. The Morgan fingerprint density at radius 2 is 2.29 bits per heavy atom. The van der Waals surface area contributed by atoms with Crippen molar-refractivity contribution in [1.82, 2.24) is 9.78 Å². The van der Waals surface area contributed by atoms with E-state index in [0.29, 0.717) is 4.68 Å². The molecule has 0 aliphatic carbocycles. The minimum Gasteiger partial charge on any atom is -0.481 e. The first-order valence-corrected chi connectivity index (χ1v) is 3.71. The summed E-state index contributed by atoms with van der Waals surface area (Å²) in [6.07, 6.45) is -2.71. The molecule has 1 N–H and O–H groups in total. The average molecular weight is 208 g/mol. The number of carbonyl (C=O) groups is 1. The van der Waals surface area contributed by atoms with Crippen LogP contribution in [-0.2, 0) is 4.79 Å². The summed E-state index contributed by atoms with van der Waals surface area (Å²) in [7, 11) is 0. The van der Waals surface area contributed by atoms with Gasteiger partial charge in [0.1, 0.15) is 6.04 Å². The SMILES string of the molecule is O=C(O)CC(C(F)F)n1ccc(F)n1. The third kappa shape index (κ3) is 2.48. The van der Waals surface area contributed by atoms with Gasteiger partial charge in [-0.05, 0) is 0 Å². The molecule has 0 aliphatic rings. The summed E-state index contributed by atoms with van der Waals surface area (Å²) in [5, 5.41) is 11.4. The predicted octanol–water partition coefficient (Wildman–Crippen LogP) is 1.30. The molecule has 4 nitrogen and oxygen atoms in total. The lowest BCUT2D eigenvalue weighted by Crippen LogP contribution is -2.21. The number of nitrogens with zero attached hydrogens (tertiary/aromatic N) is 2. The van der Waals surface area contributed by atoms with Crippen molar-refractivity contribution in [3.8, 4) is 0 Å². The first kappa shape index (κ1) is 10.6. The minimum absolute atomic E-state index is 0.619. The van der Waals surface area contributed by atoms with Crippen molar-refractivity contribution in [2.45, 2.75) is 18.9 Å². The normalized spacial score (nSPS) is 13.1. The number of rotatable bonds is 4. The van der Waals surface area contributed by atoms with Crippen molar-refractivity contribution < 1.29 is 23.1 Å². The van der Waals surface area contributed by atoms with E-state index in [1.54, 1.807) is 0 Å². The molecule has 0 radical (unpaired) electrons. The number of halogens is 3. The number of carboxylic acid groups (broad SMARTS) is 1. The van der Waals surface area contributed by atoms with Crippen molar-refractivity contribution in [3.63, 3.8) is 0 Å². The highest BCUT2D eigenvalue weighted by Crippen LogP contribution is 2.19. The Bertz CT molecular complexity index is 326. The van der Waals surface area contributed by atoms with Crippen molar-refractivity contribution in [2.24, 2.45) is 0 Å². The molecule has 1 rings (SSSR count). The van der Waals surface area contributed by atoms with Crippen LogP contribution in [0.1, 0.15) is 12.5 Å². The summed E-state index contributed by atoms with van der Waals surface area (Å²) < 4.78 is 37.6. The van der Waals surface area contributed by atoms with Crippen LogP contribution in [0.25, 0.3) is 0 Å². The van der Waals surface area contributed by atoms with Crippen molar-refractivity contribution in [1.29, 1.82) is 0 Å². The molecule has 0 amide bonds. The summed E-state index contributed by atoms with van der Waals surface area (Å²) >= 11 is 0. The lowest BCUT2D eigenvalue weighted by atomic mass is 10.2. The zero-order valence-corrected chi connectivity index (χ0v) is 6.90. The fraction of sp³-hybridized carbons (Fsp3) is 0.429. The maximum atomic E-state index is 12.4. The monoisotopic (exact) mass is 208 g/mol. The highest BCUT2D eigenvalue weighted by Gasteiger charge is 2.26. The van der Waals surface area contributed by atoms with Gasteiger partial charge in [0.2, 0.25) is 5.95 Å². The molecule has 7 heteroatoms. The Morgan fingerprint density at radius 3 is 2.64 bits per heavy atom. The van der Waals surface area contributed by atoms with Crippen LogP contribution in [0.4, 0.5) is 13.2 Å². The smallest absolute Gasteiger partial charge is 0.305 e. The Labute approximate surface area is 77.0 Å². The lowest BCUT2D eigenvalue weighted by Gasteiger charge is -2.13.